The second kappa shape index (κ2) is 9.84. The second-order valence-corrected chi connectivity index (χ2v) is 10.2. The minimum Gasteiger partial charge on any atom is -0.462 e. The van der Waals surface area contributed by atoms with Crippen molar-refractivity contribution in [1.82, 2.24) is 0 Å². The molecule has 0 saturated heterocycles. The third-order valence-corrected chi connectivity index (χ3v) is 7.57. The lowest BCUT2D eigenvalue weighted by Crippen LogP contribution is -2.14. The fraction of sp³-hybridized carbons (Fsp3) is 0.0833. The van der Waals surface area contributed by atoms with Crippen LogP contribution in [0.5, 0.6) is 0 Å². The van der Waals surface area contributed by atoms with Crippen LogP contribution in [0.25, 0.3) is 11.1 Å². The van der Waals surface area contributed by atoms with Gasteiger partial charge in [0.05, 0.1) is 11.5 Å². The van der Waals surface area contributed by atoms with Gasteiger partial charge in [-0.15, -0.1) is 11.3 Å². The Kier molecular flexibility index (Phi) is 6.87. The number of hydrogen-bond donors (Lipinski definition) is 1. The number of nitrogens with one attached hydrogen (secondary N) is 1. The van der Waals surface area contributed by atoms with Gasteiger partial charge in [0.1, 0.15) is 10.6 Å². The number of rotatable bonds is 7. The molecule has 4 rings (SSSR count). The predicted molar refractivity (Wildman–Crippen MR) is 129 cm³/mol. The van der Waals surface area contributed by atoms with Crippen molar-refractivity contribution in [2.75, 3.05) is 11.9 Å². The van der Waals surface area contributed by atoms with Gasteiger partial charge >= 0.3 is 5.97 Å². The summed E-state index contributed by atoms with van der Waals surface area (Å²) in [6.45, 7) is 1.86. The van der Waals surface area contributed by atoms with Crippen LogP contribution in [-0.4, -0.2) is 26.9 Å². The van der Waals surface area contributed by atoms with Gasteiger partial charge in [-0.25, -0.2) is 13.2 Å². The molecule has 0 aliphatic carbocycles. The Balaban J connectivity index is 1.63. The predicted octanol–water partition coefficient (Wildman–Crippen LogP) is 5.92. The maximum absolute atomic E-state index is 12.9. The van der Waals surface area contributed by atoms with Crippen LogP contribution in [0.15, 0.2) is 86.5 Å². The van der Waals surface area contributed by atoms with Gasteiger partial charge in [-0.05, 0) is 48.9 Å². The number of ether oxygens (including phenoxy) is 1. The molecular weight excluding hydrogens is 498 g/mol. The topological polar surface area (TPSA) is 103 Å². The highest BCUT2D eigenvalue weighted by Gasteiger charge is 2.26. The largest absolute Gasteiger partial charge is 0.462 e. The minimum atomic E-state index is -3.98. The average molecular weight is 516 g/mol. The van der Waals surface area contributed by atoms with Crippen molar-refractivity contribution in [3.63, 3.8) is 0 Å². The summed E-state index contributed by atoms with van der Waals surface area (Å²) >= 11 is 6.98. The van der Waals surface area contributed by atoms with E-state index in [2.05, 4.69) is 5.32 Å². The monoisotopic (exact) mass is 515 g/mol. The van der Waals surface area contributed by atoms with E-state index in [0.717, 1.165) is 16.9 Å². The number of amides is 1. The normalized spacial score (nSPS) is 11.2. The molecule has 0 radical (unpaired) electrons. The molecule has 4 aromatic rings. The maximum atomic E-state index is 12.9. The molecule has 0 spiro atoms. The van der Waals surface area contributed by atoms with Gasteiger partial charge in [0.15, 0.2) is 5.76 Å². The number of carbonyl (C=O) groups excluding carboxylic acids is 2. The zero-order valence-corrected chi connectivity index (χ0v) is 20.2. The van der Waals surface area contributed by atoms with Crippen molar-refractivity contribution in [3.05, 3.63) is 88.5 Å². The maximum Gasteiger partial charge on any atom is 0.341 e. The Morgan fingerprint density at radius 2 is 1.74 bits per heavy atom. The molecule has 0 aliphatic heterocycles. The van der Waals surface area contributed by atoms with Gasteiger partial charge in [0.25, 0.3) is 5.91 Å². The first-order valence-electron chi connectivity index (χ1n) is 10.1. The molecule has 0 unspecified atom stereocenters. The highest BCUT2D eigenvalue weighted by molar-refractivity contribution is 7.91. The van der Waals surface area contributed by atoms with Crippen LogP contribution in [0.3, 0.4) is 0 Å². The molecule has 7 nitrogen and oxygen atoms in total. The van der Waals surface area contributed by atoms with Crippen molar-refractivity contribution in [2.24, 2.45) is 0 Å². The SMILES string of the molecule is CCOC(=O)c1c(-c2ccccc2)csc1NC(=O)c1ccc(S(=O)(=O)c2ccc(Cl)cc2)o1. The summed E-state index contributed by atoms with van der Waals surface area (Å²) < 4.78 is 36.1. The van der Waals surface area contributed by atoms with Crippen molar-refractivity contribution in [3.8, 4) is 11.1 Å². The average Bonchev–Trinajstić information content (AvgIpc) is 3.48. The molecule has 0 saturated carbocycles. The van der Waals surface area contributed by atoms with Crippen molar-refractivity contribution in [1.29, 1.82) is 0 Å². The van der Waals surface area contributed by atoms with E-state index in [1.54, 1.807) is 12.3 Å². The van der Waals surface area contributed by atoms with Crippen LogP contribution in [0.1, 0.15) is 27.8 Å². The summed E-state index contributed by atoms with van der Waals surface area (Å²) in [4.78, 5) is 25.5. The Morgan fingerprint density at radius 1 is 1.03 bits per heavy atom. The minimum absolute atomic E-state index is 0.0198. The van der Waals surface area contributed by atoms with E-state index in [9.17, 15) is 18.0 Å². The van der Waals surface area contributed by atoms with Crippen LogP contribution in [0.2, 0.25) is 5.02 Å². The van der Waals surface area contributed by atoms with E-state index < -0.39 is 21.7 Å². The molecule has 0 aliphatic rings. The molecule has 10 heteroatoms. The van der Waals surface area contributed by atoms with Gasteiger partial charge in [-0.2, -0.15) is 0 Å². The molecule has 2 heterocycles. The van der Waals surface area contributed by atoms with Gasteiger partial charge in [0, 0.05) is 16.0 Å². The van der Waals surface area contributed by atoms with Gasteiger partial charge in [-0.1, -0.05) is 41.9 Å². The first kappa shape index (κ1) is 23.7. The smallest absolute Gasteiger partial charge is 0.341 e. The highest BCUT2D eigenvalue weighted by atomic mass is 35.5. The summed E-state index contributed by atoms with van der Waals surface area (Å²) in [5.74, 6) is -1.51. The van der Waals surface area contributed by atoms with Crippen LogP contribution >= 0.6 is 22.9 Å². The summed E-state index contributed by atoms with van der Waals surface area (Å²) in [7, 11) is -3.98. The Morgan fingerprint density at radius 3 is 2.41 bits per heavy atom. The molecular formula is C24H18ClNO6S2. The summed E-state index contributed by atoms with van der Waals surface area (Å²) in [6.07, 6.45) is 0. The van der Waals surface area contributed by atoms with Gasteiger partial charge < -0.3 is 14.5 Å². The van der Waals surface area contributed by atoms with E-state index in [-0.39, 0.29) is 32.9 Å². The molecule has 0 atom stereocenters. The molecule has 0 fully saturated rings. The molecule has 2 aromatic carbocycles. The number of anilines is 1. The summed E-state index contributed by atoms with van der Waals surface area (Å²) in [6, 6.07) is 17.3. The Labute approximate surface area is 204 Å². The van der Waals surface area contributed by atoms with Crippen molar-refractivity contribution >= 4 is 49.7 Å². The number of hydrogen-bond acceptors (Lipinski definition) is 7. The molecule has 34 heavy (non-hydrogen) atoms. The third kappa shape index (κ3) is 4.77. The third-order valence-electron chi connectivity index (χ3n) is 4.78. The van der Waals surface area contributed by atoms with Crippen LogP contribution in [0, 0.1) is 0 Å². The number of halogens is 1. The van der Waals surface area contributed by atoms with Crippen LogP contribution in [0.4, 0.5) is 5.00 Å². The second-order valence-electron chi connectivity index (χ2n) is 6.97. The molecule has 1 amide bonds. The van der Waals surface area contributed by atoms with Gasteiger partial charge in [0.2, 0.25) is 14.9 Å². The fourth-order valence-electron chi connectivity index (χ4n) is 3.17. The quantitative estimate of drug-likeness (QED) is 0.306. The van der Waals surface area contributed by atoms with Crippen molar-refractivity contribution in [2.45, 2.75) is 16.9 Å². The lowest BCUT2D eigenvalue weighted by atomic mass is 10.0. The van der Waals surface area contributed by atoms with E-state index in [1.807, 2.05) is 30.3 Å². The van der Waals surface area contributed by atoms with Gasteiger partial charge in [-0.3, -0.25) is 4.79 Å². The number of furan rings is 1. The fourth-order valence-corrected chi connectivity index (χ4v) is 5.42. The lowest BCUT2D eigenvalue weighted by Gasteiger charge is -2.08. The lowest BCUT2D eigenvalue weighted by molar-refractivity contribution is 0.0529. The molecule has 2 aromatic heterocycles. The zero-order valence-electron chi connectivity index (χ0n) is 17.8. The molecule has 1 N–H and O–H groups in total. The van der Waals surface area contributed by atoms with E-state index >= 15 is 0 Å². The molecule has 174 valence electrons. The summed E-state index contributed by atoms with van der Waals surface area (Å²) in [5.41, 5.74) is 1.62. The number of benzene rings is 2. The zero-order chi connectivity index (χ0) is 24.3. The van der Waals surface area contributed by atoms with E-state index in [0.29, 0.717) is 10.6 Å². The Hall–Kier alpha value is -3.40. The standard InChI is InChI=1S/C24H18ClNO6S2/c1-2-31-24(28)21-18(15-6-4-3-5-7-15)14-33-23(21)26-22(27)19-12-13-20(32-19)34(29,30)17-10-8-16(25)9-11-17/h3-14H,2H2,1H3,(H,26,27). The summed E-state index contributed by atoms with van der Waals surface area (Å²) in [5, 5.41) is 4.65. The van der Waals surface area contributed by atoms with Crippen LogP contribution in [-0.2, 0) is 14.6 Å². The number of esters is 1. The number of carbonyl (C=O) groups is 2. The Bertz CT molecular complexity index is 1440. The van der Waals surface area contributed by atoms with Crippen molar-refractivity contribution < 1.29 is 27.2 Å². The number of thiophene rings is 1. The highest BCUT2D eigenvalue weighted by Crippen LogP contribution is 2.36. The first-order valence-corrected chi connectivity index (χ1v) is 12.8. The van der Waals surface area contributed by atoms with E-state index in [1.165, 1.54) is 36.4 Å². The first-order chi connectivity index (χ1) is 16.3. The molecule has 0 bridgehead atoms. The number of sulfone groups is 1. The van der Waals surface area contributed by atoms with E-state index in [4.69, 9.17) is 20.8 Å². The van der Waals surface area contributed by atoms with Crippen LogP contribution < -0.4 is 5.32 Å².